The fraction of sp³-hybridized carbons (Fsp3) is 0.267. The lowest BCUT2D eigenvalue weighted by Gasteiger charge is -2.19. The molecule has 2 aromatic rings. The van der Waals surface area contributed by atoms with Crippen molar-refractivity contribution in [2.45, 2.75) is 25.9 Å². The molecule has 0 spiro atoms. The third kappa shape index (κ3) is 4.46. The third-order valence-electron chi connectivity index (χ3n) is 3.20. The summed E-state index contributed by atoms with van der Waals surface area (Å²) in [5.74, 6) is 0. The van der Waals surface area contributed by atoms with Crippen molar-refractivity contribution in [1.29, 1.82) is 0 Å². The van der Waals surface area contributed by atoms with Gasteiger partial charge in [-0.15, -0.1) is 11.3 Å². The molecule has 0 bridgehead atoms. The molecular weight excluding hydrogens is 306 g/mol. The predicted molar refractivity (Wildman–Crippen MR) is 88.9 cm³/mol. The molecule has 2 atom stereocenters. The summed E-state index contributed by atoms with van der Waals surface area (Å²) >= 11 is 7.55. The fourth-order valence-electron chi connectivity index (χ4n) is 2.11. The molecule has 6 heteroatoms. The number of hydrogen-bond donors (Lipinski definition) is 3. The minimum absolute atomic E-state index is 0.184. The van der Waals surface area contributed by atoms with Gasteiger partial charge in [-0.1, -0.05) is 23.7 Å². The Morgan fingerprint density at radius 3 is 2.33 bits per heavy atom. The number of nitrogens with one attached hydrogen (secondary N) is 2. The molecule has 0 fully saturated rings. The van der Waals surface area contributed by atoms with E-state index in [-0.39, 0.29) is 12.1 Å². The van der Waals surface area contributed by atoms with Gasteiger partial charge in [-0.05, 0) is 43.7 Å². The van der Waals surface area contributed by atoms with E-state index in [0.29, 0.717) is 5.69 Å². The number of amides is 2. The van der Waals surface area contributed by atoms with Crippen molar-refractivity contribution in [2.75, 3.05) is 5.32 Å². The van der Waals surface area contributed by atoms with Gasteiger partial charge in [-0.25, -0.2) is 4.79 Å². The topological polar surface area (TPSA) is 67.2 Å². The Morgan fingerprint density at radius 2 is 1.81 bits per heavy atom. The van der Waals surface area contributed by atoms with Gasteiger partial charge in [0.25, 0.3) is 0 Å². The second-order valence-electron chi connectivity index (χ2n) is 4.86. The molecule has 0 aliphatic heterocycles. The summed E-state index contributed by atoms with van der Waals surface area (Å²) in [4.78, 5) is 12.0. The number of halogens is 1. The molecular formula is C15H18ClN3OS. The summed E-state index contributed by atoms with van der Waals surface area (Å²) in [7, 11) is 0. The average molecular weight is 324 g/mol. The fourth-order valence-corrected chi connectivity index (χ4v) is 3.18. The first-order valence-electron chi connectivity index (χ1n) is 6.63. The first-order valence-corrected chi connectivity index (χ1v) is 7.83. The monoisotopic (exact) mass is 323 g/mol. The van der Waals surface area contributed by atoms with Crippen LogP contribution in [0.2, 0.25) is 4.34 Å². The summed E-state index contributed by atoms with van der Waals surface area (Å²) in [5, 5.41) is 6.07. The van der Waals surface area contributed by atoms with Gasteiger partial charge >= 0.3 is 6.03 Å². The van der Waals surface area contributed by atoms with Crippen LogP contribution in [-0.4, -0.2) is 6.03 Å². The van der Waals surface area contributed by atoms with E-state index in [1.165, 1.54) is 4.88 Å². The van der Waals surface area contributed by atoms with Crippen LogP contribution in [0.25, 0.3) is 0 Å². The summed E-state index contributed by atoms with van der Waals surface area (Å²) in [5.41, 5.74) is 6.91. The van der Waals surface area contributed by atoms with Gasteiger partial charge in [0, 0.05) is 22.6 Å². The van der Waals surface area contributed by atoms with Crippen LogP contribution in [0.15, 0.2) is 36.4 Å². The number of urea groups is 1. The Morgan fingerprint density at radius 1 is 1.14 bits per heavy atom. The first-order chi connectivity index (χ1) is 9.95. The summed E-state index contributed by atoms with van der Waals surface area (Å²) in [6, 6.07) is 11.4. The van der Waals surface area contributed by atoms with Crippen LogP contribution in [0.5, 0.6) is 0 Å². The summed E-state index contributed by atoms with van der Waals surface area (Å²) in [6.45, 7) is 4.21. The Kier molecular flexibility index (Phi) is 5.22. The number of primary amides is 1. The maximum Gasteiger partial charge on any atom is 0.316 e. The molecule has 1 aromatic carbocycles. The minimum atomic E-state index is -0.558. The van der Waals surface area contributed by atoms with E-state index >= 15 is 0 Å². The number of carbonyl (C=O) groups is 1. The van der Waals surface area contributed by atoms with Crippen molar-refractivity contribution in [2.24, 2.45) is 5.73 Å². The molecule has 0 radical (unpaired) electrons. The minimum Gasteiger partial charge on any atom is -0.351 e. The third-order valence-corrected chi connectivity index (χ3v) is 4.61. The highest BCUT2D eigenvalue weighted by atomic mass is 35.5. The van der Waals surface area contributed by atoms with Gasteiger partial charge in [0.1, 0.15) is 0 Å². The number of thiophene rings is 1. The molecule has 2 amide bonds. The molecule has 4 nitrogen and oxygen atoms in total. The molecule has 4 N–H and O–H groups in total. The van der Waals surface area contributed by atoms with Gasteiger partial charge in [-0.3, -0.25) is 0 Å². The van der Waals surface area contributed by atoms with Crippen molar-refractivity contribution in [3.05, 3.63) is 51.2 Å². The van der Waals surface area contributed by atoms with Crippen LogP contribution in [0.4, 0.5) is 10.5 Å². The number of carbonyl (C=O) groups excluding carboxylic acids is 1. The van der Waals surface area contributed by atoms with Crippen molar-refractivity contribution in [3.63, 3.8) is 0 Å². The Hall–Kier alpha value is -1.56. The van der Waals surface area contributed by atoms with Crippen LogP contribution < -0.4 is 16.4 Å². The maximum absolute atomic E-state index is 10.8. The van der Waals surface area contributed by atoms with E-state index in [1.54, 1.807) is 11.3 Å². The van der Waals surface area contributed by atoms with Crippen molar-refractivity contribution >= 4 is 34.7 Å². The van der Waals surface area contributed by atoms with Crippen molar-refractivity contribution in [3.8, 4) is 0 Å². The maximum atomic E-state index is 10.8. The van der Waals surface area contributed by atoms with Gasteiger partial charge in [-0.2, -0.15) is 0 Å². The Bertz CT molecular complexity index is 612. The van der Waals surface area contributed by atoms with Crippen LogP contribution >= 0.6 is 22.9 Å². The van der Waals surface area contributed by atoms with E-state index in [9.17, 15) is 4.79 Å². The van der Waals surface area contributed by atoms with E-state index in [0.717, 1.165) is 9.90 Å². The smallest absolute Gasteiger partial charge is 0.316 e. The molecule has 1 aromatic heterocycles. The van der Waals surface area contributed by atoms with E-state index in [2.05, 4.69) is 24.5 Å². The van der Waals surface area contributed by atoms with Crippen molar-refractivity contribution in [1.82, 2.24) is 5.32 Å². The highest BCUT2D eigenvalue weighted by Gasteiger charge is 2.13. The molecule has 0 aliphatic rings. The van der Waals surface area contributed by atoms with Crippen molar-refractivity contribution < 1.29 is 4.79 Å². The van der Waals surface area contributed by atoms with Crippen LogP contribution in [-0.2, 0) is 0 Å². The van der Waals surface area contributed by atoms with Gasteiger partial charge in [0.2, 0.25) is 0 Å². The van der Waals surface area contributed by atoms with E-state index in [4.69, 9.17) is 17.3 Å². The number of hydrogen-bond acceptors (Lipinski definition) is 3. The number of benzene rings is 1. The highest BCUT2D eigenvalue weighted by Crippen LogP contribution is 2.28. The lowest BCUT2D eigenvalue weighted by Crippen LogP contribution is -2.22. The van der Waals surface area contributed by atoms with Gasteiger partial charge < -0.3 is 16.4 Å². The second-order valence-corrected chi connectivity index (χ2v) is 6.61. The average Bonchev–Trinajstić information content (AvgIpc) is 2.85. The van der Waals surface area contributed by atoms with E-state index in [1.807, 2.05) is 36.4 Å². The molecule has 2 unspecified atom stereocenters. The number of nitrogens with two attached hydrogens (primary N) is 1. The summed E-state index contributed by atoms with van der Waals surface area (Å²) < 4.78 is 0.799. The lowest BCUT2D eigenvalue weighted by atomic mass is 10.1. The Balaban J connectivity index is 1.99. The zero-order chi connectivity index (χ0) is 15.4. The first kappa shape index (κ1) is 15.8. The second kappa shape index (κ2) is 6.93. The standard InChI is InChI=1S/C15H18ClN3OS/c1-9(18-10(2)13-7-8-14(16)21-13)11-3-5-12(6-4-11)19-15(17)20/h3-10,18H,1-2H3,(H3,17,19,20). The van der Waals surface area contributed by atoms with Gasteiger partial charge in [0.05, 0.1) is 4.34 Å². The molecule has 1 heterocycles. The SMILES string of the molecule is CC(NC(C)c1ccc(Cl)s1)c1ccc(NC(N)=O)cc1. The molecule has 0 saturated heterocycles. The molecule has 0 aliphatic carbocycles. The lowest BCUT2D eigenvalue weighted by molar-refractivity contribution is 0.259. The largest absolute Gasteiger partial charge is 0.351 e. The zero-order valence-corrected chi connectivity index (χ0v) is 13.5. The van der Waals surface area contributed by atoms with Crippen LogP contribution in [0, 0.1) is 0 Å². The molecule has 2 rings (SSSR count). The predicted octanol–water partition coefficient (Wildman–Crippen LogP) is 4.30. The normalized spacial score (nSPS) is 13.7. The molecule has 21 heavy (non-hydrogen) atoms. The number of rotatable bonds is 5. The van der Waals surface area contributed by atoms with Gasteiger partial charge in [0.15, 0.2) is 0 Å². The molecule has 112 valence electrons. The highest BCUT2D eigenvalue weighted by molar-refractivity contribution is 7.16. The van der Waals surface area contributed by atoms with Crippen LogP contribution in [0.3, 0.4) is 0 Å². The zero-order valence-electron chi connectivity index (χ0n) is 11.9. The summed E-state index contributed by atoms with van der Waals surface area (Å²) in [6.07, 6.45) is 0. The Labute approximate surface area is 133 Å². The van der Waals surface area contributed by atoms with E-state index < -0.39 is 6.03 Å². The quantitative estimate of drug-likeness (QED) is 0.767. The molecule has 0 saturated carbocycles. The van der Waals surface area contributed by atoms with Crippen LogP contribution in [0.1, 0.15) is 36.4 Å². The number of anilines is 1.